The first-order valence-electron chi connectivity index (χ1n) is 6.23. The van der Waals surface area contributed by atoms with Crippen molar-refractivity contribution in [2.24, 2.45) is 10.9 Å². The molecule has 3 N–H and O–H groups in total. The maximum atomic E-state index is 8.55. The minimum absolute atomic E-state index is 0.110. The fourth-order valence-corrected chi connectivity index (χ4v) is 2.08. The highest BCUT2D eigenvalue weighted by molar-refractivity contribution is 5.97. The van der Waals surface area contributed by atoms with Crippen molar-refractivity contribution in [1.82, 2.24) is 4.90 Å². The van der Waals surface area contributed by atoms with Crippen LogP contribution in [0.2, 0.25) is 0 Å². The van der Waals surface area contributed by atoms with Crippen molar-refractivity contribution < 1.29 is 9.94 Å². The summed E-state index contributed by atoms with van der Waals surface area (Å²) in [6, 6.07) is 7.22. The van der Waals surface area contributed by atoms with Crippen LogP contribution in [0, 0.1) is 0 Å². The Balaban J connectivity index is 1.79. The summed E-state index contributed by atoms with van der Waals surface area (Å²) in [5.74, 6) is 0.919. The molecule has 0 spiro atoms. The molecule has 0 atom stereocenters. The van der Waals surface area contributed by atoms with Gasteiger partial charge in [0, 0.05) is 12.1 Å². The van der Waals surface area contributed by atoms with E-state index in [1.807, 2.05) is 12.1 Å². The van der Waals surface area contributed by atoms with E-state index in [1.54, 1.807) is 12.1 Å². The molecular weight excluding hydrogens is 230 g/mol. The van der Waals surface area contributed by atoms with Crippen LogP contribution in [0.4, 0.5) is 0 Å². The van der Waals surface area contributed by atoms with Gasteiger partial charge in [0.2, 0.25) is 0 Å². The topological polar surface area (TPSA) is 71.1 Å². The first kappa shape index (κ1) is 12.7. The second-order valence-electron chi connectivity index (χ2n) is 4.41. The second-order valence-corrected chi connectivity index (χ2v) is 4.41. The zero-order valence-corrected chi connectivity index (χ0v) is 10.4. The van der Waals surface area contributed by atoms with E-state index in [9.17, 15) is 0 Å². The summed E-state index contributed by atoms with van der Waals surface area (Å²) in [6.45, 7) is 4.04. The van der Waals surface area contributed by atoms with Gasteiger partial charge in [-0.25, -0.2) is 0 Å². The summed E-state index contributed by atoms with van der Waals surface area (Å²) < 4.78 is 5.65. The van der Waals surface area contributed by atoms with Crippen molar-refractivity contribution in [2.45, 2.75) is 12.8 Å². The Morgan fingerprint density at radius 2 is 1.94 bits per heavy atom. The lowest BCUT2D eigenvalue weighted by Crippen LogP contribution is -2.25. The molecule has 0 radical (unpaired) electrons. The molecule has 1 aliphatic heterocycles. The molecule has 0 saturated carbocycles. The van der Waals surface area contributed by atoms with Crippen LogP contribution in [0.25, 0.3) is 0 Å². The molecule has 0 bridgehead atoms. The number of ether oxygens (including phenoxy) is 1. The number of likely N-dealkylation sites (tertiary alicyclic amines) is 1. The normalized spacial score (nSPS) is 17.0. The molecule has 5 nitrogen and oxygen atoms in total. The predicted octanol–water partition coefficient (Wildman–Crippen LogP) is 1.26. The minimum atomic E-state index is 0.110. The number of oxime groups is 1. The smallest absolute Gasteiger partial charge is 0.170 e. The number of nitrogens with two attached hydrogens (primary N) is 1. The zero-order valence-electron chi connectivity index (χ0n) is 10.4. The van der Waals surface area contributed by atoms with Crippen LogP contribution < -0.4 is 10.5 Å². The molecular formula is C13H19N3O2. The van der Waals surface area contributed by atoms with Crippen molar-refractivity contribution >= 4 is 5.84 Å². The molecule has 0 aliphatic carbocycles. The van der Waals surface area contributed by atoms with E-state index in [4.69, 9.17) is 15.7 Å². The van der Waals surface area contributed by atoms with E-state index in [2.05, 4.69) is 10.1 Å². The third-order valence-electron chi connectivity index (χ3n) is 3.13. The van der Waals surface area contributed by atoms with Gasteiger partial charge in [0.15, 0.2) is 5.84 Å². The van der Waals surface area contributed by atoms with Crippen molar-refractivity contribution in [3.8, 4) is 5.75 Å². The SMILES string of the molecule is N/C(=N/O)c1ccc(OCCN2CCCC2)cc1. The van der Waals surface area contributed by atoms with E-state index in [-0.39, 0.29) is 5.84 Å². The van der Waals surface area contributed by atoms with E-state index < -0.39 is 0 Å². The number of nitrogens with zero attached hydrogens (tertiary/aromatic N) is 2. The molecule has 1 aromatic rings. The Morgan fingerprint density at radius 3 is 2.56 bits per heavy atom. The monoisotopic (exact) mass is 249 g/mol. The summed E-state index contributed by atoms with van der Waals surface area (Å²) in [5.41, 5.74) is 6.16. The van der Waals surface area contributed by atoms with Crippen molar-refractivity contribution in [2.75, 3.05) is 26.2 Å². The van der Waals surface area contributed by atoms with Crippen LogP contribution in [0.15, 0.2) is 29.4 Å². The van der Waals surface area contributed by atoms with Crippen LogP contribution in [-0.2, 0) is 0 Å². The number of rotatable bonds is 5. The Kier molecular flexibility index (Phi) is 4.41. The Labute approximate surface area is 107 Å². The highest BCUT2D eigenvalue weighted by Crippen LogP contribution is 2.12. The lowest BCUT2D eigenvalue weighted by Gasteiger charge is -2.14. The molecule has 2 rings (SSSR count). The predicted molar refractivity (Wildman–Crippen MR) is 70.1 cm³/mol. The summed E-state index contributed by atoms with van der Waals surface area (Å²) in [4.78, 5) is 2.41. The first-order valence-corrected chi connectivity index (χ1v) is 6.23. The third-order valence-corrected chi connectivity index (χ3v) is 3.13. The van der Waals surface area contributed by atoms with Gasteiger partial charge in [-0.05, 0) is 50.2 Å². The van der Waals surface area contributed by atoms with Gasteiger partial charge in [0.1, 0.15) is 12.4 Å². The molecule has 1 saturated heterocycles. The average Bonchev–Trinajstić information content (AvgIpc) is 2.92. The summed E-state index contributed by atoms with van der Waals surface area (Å²) in [6.07, 6.45) is 2.60. The van der Waals surface area contributed by atoms with Crippen molar-refractivity contribution in [3.63, 3.8) is 0 Å². The Hall–Kier alpha value is -1.75. The zero-order chi connectivity index (χ0) is 12.8. The highest BCUT2D eigenvalue weighted by atomic mass is 16.5. The standard InChI is InChI=1S/C13H19N3O2/c14-13(15-17)11-3-5-12(6-4-11)18-10-9-16-7-1-2-8-16/h3-6,17H,1-2,7-10H2,(H2,14,15). The van der Waals surface area contributed by atoms with Gasteiger partial charge in [-0.1, -0.05) is 5.16 Å². The average molecular weight is 249 g/mol. The van der Waals surface area contributed by atoms with Crippen molar-refractivity contribution in [3.05, 3.63) is 29.8 Å². The molecule has 1 aliphatic rings. The van der Waals surface area contributed by atoms with Crippen LogP contribution in [-0.4, -0.2) is 42.2 Å². The van der Waals surface area contributed by atoms with Gasteiger partial charge in [0.05, 0.1) is 0 Å². The Morgan fingerprint density at radius 1 is 1.28 bits per heavy atom. The van der Waals surface area contributed by atoms with Crippen LogP contribution in [0.1, 0.15) is 18.4 Å². The number of hydrogen-bond acceptors (Lipinski definition) is 4. The van der Waals surface area contributed by atoms with Gasteiger partial charge >= 0.3 is 0 Å². The fraction of sp³-hybridized carbons (Fsp3) is 0.462. The van der Waals surface area contributed by atoms with Gasteiger partial charge in [-0.3, -0.25) is 4.90 Å². The molecule has 0 amide bonds. The third kappa shape index (κ3) is 3.37. The molecule has 1 heterocycles. The molecule has 5 heteroatoms. The maximum Gasteiger partial charge on any atom is 0.170 e. The van der Waals surface area contributed by atoms with E-state index in [0.29, 0.717) is 12.2 Å². The molecule has 1 aromatic carbocycles. The molecule has 98 valence electrons. The van der Waals surface area contributed by atoms with Gasteiger partial charge < -0.3 is 15.7 Å². The van der Waals surface area contributed by atoms with E-state index in [1.165, 1.54) is 25.9 Å². The highest BCUT2D eigenvalue weighted by Gasteiger charge is 2.10. The number of amidine groups is 1. The van der Waals surface area contributed by atoms with E-state index in [0.717, 1.165) is 12.3 Å². The van der Waals surface area contributed by atoms with Gasteiger partial charge in [0.25, 0.3) is 0 Å². The lowest BCUT2D eigenvalue weighted by atomic mass is 10.2. The molecule has 18 heavy (non-hydrogen) atoms. The largest absolute Gasteiger partial charge is 0.492 e. The number of benzene rings is 1. The quantitative estimate of drug-likeness (QED) is 0.356. The summed E-state index contributed by atoms with van der Waals surface area (Å²) in [7, 11) is 0. The fourth-order valence-electron chi connectivity index (χ4n) is 2.08. The van der Waals surface area contributed by atoms with Crippen LogP contribution in [0.3, 0.4) is 0 Å². The van der Waals surface area contributed by atoms with Gasteiger partial charge in [-0.2, -0.15) is 0 Å². The minimum Gasteiger partial charge on any atom is -0.492 e. The molecule has 0 aromatic heterocycles. The van der Waals surface area contributed by atoms with Crippen molar-refractivity contribution in [1.29, 1.82) is 0 Å². The van der Waals surface area contributed by atoms with Crippen LogP contribution in [0.5, 0.6) is 5.75 Å². The number of hydrogen-bond donors (Lipinski definition) is 2. The molecule has 0 unspecified atom stereocenters. The lowest BCUT2D eigenvalue weighted by molar-refractivity contribution is 0.238. The van der Waals surface area contributed by atoms with E-state index >= 15 is 0 Å². The second kappa shape index (κ2) is 6.26. The van der Waals surface area contributed by atoms with Gasteiger partial charge in [-0.15, -0.1) is 0 Å². The maximum absolute atomic E-state index is 8.55. The molecule has 1 fully saturated rings. The Bertz CT molecular complexity index is 397. The summed E-state index contributed by atoms with van der Waals surface area (Å²) in [5, 5.41) is 11.5. The summed E-state index contributed by atoms with van der Waals surface area (Å²) >= 11 is 0. The van der Waals surface area contributed by atoms with Crippen LogP contribution >= 0.6 is 0 Å². The first-order chi connectivity index (χ1) is 8.79.